The van der Waals surface area contributed by atoms with E-state index in [-0.39, 0.29) is 23.7 Å². The third kappa shape index (κ3) is 3.86. The quantitative estimate of drug-likeness (QED) is 0.715. The van der Waals surface area contributed by atoms with Gasteiger partial charge in [-0.05, 0) is 18.1 Å². The van der Waals surface area contributed by atoms with Crippen LogP contribution in [0.25, 0.3) is 0 Å². The van der Waals surface area contributed by atoms with E-state index >= 15 is 0 Å². The highest BCUT2D eigenvalue weighted by atomic mass is 16.5. The topological polar surface area (TPSA) is 116 Å². The predicted molar refractivity (Wildman–Crippen MR) is 108 cm³/mol. The average Bonchev–Trinajstić information content (AvgIpc) is 2.73. The molecule has 0 spiro atoms. The zero-order valence-electron chi connectivity index (χ0n) is 16.2. The molecule has 2 aromatic rings. The monoisotopic (exact) mass is 397 g/mol. The molecule has 3 heterocycles. The first kappa shape index (κ1) is 19.1. The fourth-order valence-corrected chi connectivity index (χ4v) is 3.68. The van der Waals surface area contributed by atoms with Crippen molar-refractivity contribution in [3.63, 3.8) is 0 Å². The Morgan fingerprint density at radius 1 is 1.28 bits per heavy atom. The first-order valence-corrected chi connectivity index (χ1v) is 9.72. The van der Waals surface area contributed by atoms with Crippen molar-refractivity contribution < 1.29 is 14.3 Å². The summed E-state index contributed by atoms with van der Waals surface area (Å²) in [4.78, 5) is 47.1. The fraction of sp³-hybridized carbons (Fsp3) is 0.400. The molecule has 2 amide bonds. The van der Waals surface area contributed by atoms with Crippen LogP contribution in [0, 0.1) is 0 Å². The maximum atomic E-state index is 13.0. The number of morpholine rings is 1. The number of para-hydroxylation sites is 1. The van der Waals surface area contributed by atoms with Crippen molar-refractivity contribution in [1.82, 2.24) is 9.97 Å². The molecular weight excluding hydrogens is 374 g/mol. The summed E-state index contributed by atoms with van der Waals surface area (Å²) in [6.07, 6.45) is 0.651. The first-order chi connectivity index (χ1) is 14.1. The Balaban J connectivity index is 1.65. The van der Waals surface area contributed by atoms with Crippen molar-refractivity contribution in [2.24, 2.45) is 0 Å². The highest BCUT2D eigenvalue weighted by Crippen LogP contribution is 2.30. The number of carbonyl (C=O) groups is 2. The molecule has 4 rings (SSSR count). The summed E-state index contributed by atoms with van der Waals surface area (Å²) in [5.74, 6) is -1.12. The number of ether oxygens (including phenoxy) is 1. The van der Waals surface area contributed by atoms with E-state index in [9.17, 15) is 14.4 Å². The number of anilines is 3. The summed E-state index contributed by atoms with van der Waals surface area (Å²) in [6, 6.07) is 7.48. The van der Waals surface area contributed by atoms with E-state index in [1.165, 1.54) is 0 Å². The number of hydrogen-bond acceptors (Lipinski definition) is 6. The summed E-state index contributed by atoms with van der Waals surface area (Å²) in [5.41, 5.74) is 1.44. The minimum atomic E-state index is -0.904. The predicted octanol–water partition coefficient (Wildman–Crippen LogP) is 1.23. The maximum Gasteiger partial charge on any atom is 0.258 e. The van der Waals surface area contributed by atoms with Gasteiger partial charge in [-0.2, -0.15) is 4.98 Å². The summed E-state index contributed by atoms with van der Waals surface area (Å²) in [7, 11) is 0. The number of fused-ring (bicyclic) bond motifs is 1. The Kier molecular flexibility index (Phi) is 5.30. The zero-order valence-corrected chi connectivity index (χ0v) is 16.2. The van der Waals surface area contributed by atoms with Gasteiger partial charge in [-0.15, -0.1) is 0 Å². The minimum absolute atomic E-state index is 0.102. The van der Waals surface area contributed by atoms with Gasteiger partial charge in [0, 0.05) is 25.2 Å². The van der Waals surface area contributed by atoms with E-state index in [0.717, 1.165) is 12.0 Å². The molecule has 1 atom stereocenters. The van der Waals surface area contributed by atoms with Crippen molar-refractivity contribution in [2.45, 2.75) is 25.7 Å². The van der Waals surface area contributed by atoms with Gasteiger partial charge in [-0.3, -0.25) is 19.4 Å². The number of carbonyl (C=O) groups excluding carboxylic acids is 2. The molecule has 1 fully saturated rings. The molecule has 3 N–H and O–H groups in total. The molecule has 1 aromatic heterocycles. The number of aromatic amines is 1. The van der Waals surface area contributed by atoms with Gasteiger partial charge in [0.1, 0.15) is 5.82 Å². The molecule has 9 heteroatoms. The van der Waals surface area contributed by atoms with Crippen molar-refractivity contribution >= 4 is 29.3 Å². The van der Waals surface area contributed by atoms with Crippen LogP contribution in [0.1, 0.15) is 30.4 Å². The third-order valence-electron chi connectivity index (χ3n) is 5.22. The molecule has 29 heavy (non-hydrogen) atoms. The van der Waals surface area contributed by atoms with Crippen LogP contribution in [-0.2, 0) is 20.7 Å². The molecular formula is C20H23N5O4. The van der Waals surface area contributed by atoms with E-state index in [2.05, 4.69) is 20.6 Å². The van der Waals surface area contributed by atoms with Gasteiger partial charge in [0.2, 0.25) is 17.8 Å². The lowest BCUT2D eigenvalue weighted by Gasteiger charge is -2.29. The number of rotatable bonds is 4. The zero-order chi connectivity index (χ0) is 20.4. The van der Waals surface area contributed by atoms with Gasteiger partial charge in [-0.1, -0.05) is 25.1 Å². The van der Waals surface area contributed by atoms with E-state index in [1.54, 1.807) is 0 Å². The number of nitrogens with one attached hydrogen (secondary N) is 3. The van der Waals surface area contributed by atoms with Gasteiger partial charge < -0.3 is 20.3 Å². The SMILES string of the molecule is CCc1ccccc1NC(=O)C1CC(=O)Nc2nc(N3CCOCC3)[nH]c(=O)c21. The highest BCUT2D eigenvalue weighted by Gasteiger charge is 2.35. The lowest BCUT2D eigenvalue weighted by atomic mass is 9.92. The number of aryl methyl sites for hydroxylation is 1. The molecule has 2 aliphatic heterocycles. The van der Waals surface area contributed by atoms with Gasteiger partial charge >= 0.3 is 0 Å². The lowest BCUT2D eigenvalue weighted by Crippen LogP contribution is -2.41. The Labute approximate surface area is 167 Å². The van der Waals surface area contributed by atoms with Crippen LogP contribution < -0.4 is 21.1 Å². The van der Waals surface area contributed by atoms with E-state index in [0.29, 0.717) is 37.9 Å². The average molecular weight is 397 g/mol. The number of benzene rings is 1. The molecule has 1 saturated heterocycles. The summed E-state index contributed by atoms with van der Waals surface area (Å²) in [6.45, 7) is 4.25. The molecule has 0 bridgehead atoms. The Morgan fingerprint density at radius 3 is 2.79 bits per heavy atom. The van der Waals surface area contributed by atoms with Crippen molar-refractivity contribution in [1.29, 1.82) is 0 Å². The summed E-state index contributed by atoms with van der Waals surface area (Å²) < 4.78 is 5.32. The molecule has 0 radical (unpaired) electrons. The molecule has 0 saturated carbocycles. The molecule has 9 nitrogen and oxygen atoms in total. The Hall–Kier alpha value is -3.20. The second-order valence-electron chi connectivity index (χ2n) is 7.06. The van der Waals surface area contributed by atoms with Crippen molar-refractivity contribution in [3.05, 3.63) is 45.7 Å². The minimum Gasteiger partial charge on any atom is -0.378 e. The first-order valence-electron chi connectivity index (χ1n) is 9.72. The van der Waals surface area contributed by atoms with Gasteiger partial charge in [0.25, 0.3) is 5.56 Å². The third-order valence-corrected chi connectivity index (χ3v) is 5.22. The van der Waals surface area contributed by atoms with E-state index in [4.69, 9.17) is 4.74 Å². The van der Waals surface area contributed by atoms with Crippen LogP contribution >= 0.6 is 0 Å². The second-order valence-corrected chi connectivity index (χ2v) is 7.06. The van der Waals surface area contributed by atoms with Crippen LogP contribution in [0.3, 0.4) is 0 Å². The molecule has 1 unspecified atom stereocenters. The highest BCUT2D eigenvalue weighted by molar-refractivity contribution is 6.04. The van der Waals surface area contributed by atoms with E-state index in [1.807, 2.05) is 36.1 Å². The van der Waals surface area contributed by atoms with Gasteiger partial charge in [-0.25, -0.2) is 0 Å². The largest absolute Gasteiger partial charge is 0.378 e. The normalized spacial score (nSPS) is 18.7. The number of nitrogens with zero attached hydrogens (tertiary/aromatic N) is 2. The summed E-state index contributed by atoms with van der Waals surface area (Å²) in [5, 5.41) is 5.51. The van der Waals surface area contributed by atoms with Gasteiger partial charge in [0.05, 0.1) is 24.7 Å². The Morgan fingerprint density at radius 2 is 2.03 bits per heavy atom. The molecule has 152 valence electrons. The Bertz CT molecular complexity index is 997. The number of H-pyrrole nitrogens is 1. The number of amides is 2. The van der Waals surface area contributed by atoms with Crippen molar-refractivity contribution in [3.8, 4) is 0 Å². The van der Waals surface area contributed by atoms with Crippen LogP contribution in [0.15, 0.2) is 29.1 Å². The lowest BCUT2D eigenvalue weighted by molar-refractivity contribution is -0.123. The maximum absolute atomic E-state index is 13.0. The number of hydrogen-bond donors (Lipinski definition) is 3. The second kappa shape index (κ2) is 8.04. The molecule has 2 aliphatic rings. The molecule has 0 aliphatic carbocycles. The van der Waals surface area contributed by atoms with Crippen LogP contribution in [0.4, 0.5) is 17.5 Å². The number of aromatic nitrogens is 2. The standard InChI is InChI=1S/C20H23N5O4/c1-2-12-5-3-4-6-14(12)21-18(27)13-11-15(26)22-17-16(13)19(28)24-20(23-17)25-7-9-29-10-8-25/h3-6,13H,2,7-11H2,1H3,(H,21,27)(H2,22,23,24,26,28). The van der Waals surface area contributed by atoms with Crippen LogP contribution in [0.5, 0.6) is 0 Å². The van der Waals surface area contributed by atoms with Crippen LogP contribution in [-0.4, -0.2) is 48.1 Å². The van der Waals surface area contributed by atoms with E-state index < -0.39 is 17.4 Å². The van der Waals surface area contributed by atoms with Gasteiger partial charge in [0.15, 0.2) is 0 Å². The van der Waals surface area contributed by atoms with Crippen LogP contribution in [0.2, 0.25) is 0 Å². The van der Waals surface area contributed by atoms with Crippen molar-refractivity contribution in [2.75, 3.05) is 41.8 Å². The molecule has 1 aromatic carbocycles. The fourth-order valence-electron chi connectivity index (χ4n) is 3.68. The smallest absolute Gasteiger partial charge is 0.258 e. The summed E-state index contributed by atoms with van der Waals surface area (Å²) >= 11 is 0.